The molecule has 1 aromatic rings. The van der Waals surface area contributed by atoms with Crippen molar-refractivity contribution in [3.63, 3.8) is 0 Å². The molecule has 2 atom stereocenters. The van der Waals surface area contributed by atoms with Crippen LogP contribution >= 0.6 is 0 Å². The van der Waals surface area contributed by atoms with Crippen molar-refractivity contribution in [3.8, 4) is 17.6 Å². The summed E-state index contributed by atoms with van der Waals surface area (Å²) in [5.41, 5.74) is 0.304. The minimum Gasteiger partial charge on any atom is -0.481 e. The van der Waals surface area contributed by atoms with Crippen LogP contribution in [-0.2, 0) is 19.6 Å². The van der Waals surface area contributed by atoms with E-state index in [0.717, 1.165) is 10.6 Å². The molecule has 1 heterocycles. The van der Waals surface area contributed by atoms with Gasteiger partial charge in [-0.15, -0.1) is 5.92 Å². The first-order valence-corrected chi connectivity index (χ1v) is 10.9. The van der Waals surface area contributed by atoms with Crippen molar-refractivity contribution in [1.82, 2.24) is 14.9 Å². The number of rotatable bonds is 7. The minimum atomic E-state index is -3.64. The highest BCUT2D eigenvalue weighted by atomic mass is 32.2. The number of nitrogens with zero attached hydrogens (tertiary/aromatic N) is 1. The van der Waals surface area contributed by atoms with E-state index in [1.807, 2.05) is 0 Å². The lowest BCUT2D eigenvalue weighted by atomic mass is 10.2. The summed E-state index contributed by atoms with van der Waals surface area (Å²) in [6, 6.07) is 6.35. The van der Waals surface area contributed by atoms with E-state index < -0.39 is 34.3 Å². The van der Waals surface area contributed by atoms with Crippen LogP contribution in [0.2, 0.25) is 0 Å². The zero-order valence-corrected chi connectivity index (χ0v) is 17.4. The lowest BCUT2D eigenvalue weighted by Gasteiger charge is -2.39. The standard InChI is InChI=1S/C19H25N3O6S/c1-4-6-13-27-15-9-7-14(8-10-15)18(24)21-17-19(28-16(23)5-2)20-11-12-22(17)29(3,25)26/h7-10,17,19-20H,5,11-13H2,1-3H3,(H,21,24)/t17-,19?/m0/s1. The molecule has 0 aromatic heterocycles. The monoisotopic (exact) mass is 423 g/mol. The van der Waals surface area contributed by atoms with Crippen LogP contribution < -0.4 is 15.4 Å². The maximum atomic E-state index is 12.7. The third-order valence-electron chi connectivity index (χ3n) is 4.13. The van der Waals surface area contributed by atoms with E-state index in [1.165, 1.54) is 0 Å². The first-order valence-electron chi connectivity index (χ1n) is 9.09. The lowest BCUT2D eigenvalue weighted by molar-refractivity contribution is -0.155. The van der Waals surface area contributed by atoms with E-state index in [4.69, 9.17) is 9.47 Å². The number of nitrogens with one attached hydrogen (secondary N) is 2. The van der Waals surface area contributed by atoms with Crippen LogP contribution in [0.25, 0.3) is 0 Å². The average molecular weight is 423 g/mol. The second-order valence-electron chi connectivity index (χ2n) is 6.25. The van der Waals surface area contributed by atoms with Gasteiger partial charge in [0.15, 0.2) is 6.23 Å². The molecule has 2 rings (SSSR count). The highest BCUT2D eigenvalue weighted by Gasteiger charge is 2.39. The van der Waals surface area contributed by atoms with Crippen LogP contribution in [-0.4, -0.2) is 62.9 Å². The largest absolute Gasteiger partial charge is 0.481 e. The van der Waals surface area contributed by atoms with Gasteiger partial charge >= 0.3 is 5.97 Å². The quantitative estimate of drug-likeness (QED) is 0.479. The first-order chi connectivity index (χ1) is 13.8. The molecule has 1 aliphatic rings. The lowest BCUT2D eigenvalue weighted by Crippen LogP contribution is -2.66. The van der Waals surface area contributed by atoms with Crippen LogP contribution in [0.4, 0.5) is 0 Å². The smallest absolute Gasteiger partial charge is 0.307 e. The normalized spacial score (nSPS) is 19.6. The van der Waals surface area contributed by atoms with Gasteiger partial charge in [-0.3, -0.25) is 14.9 Å². The number of carbonyl (C=O) groups excluding carboxylic acids is 2. The fourth-order valence-electron chi connectivity index (χ4n) is 2.68. The van der Waals surface area contributed by atoms with Crippen LogP contribution in [0.3, 0.4) is 0 Å². The molecule has 0 radical (unpaired) electrons. The number of sulfonamides is 1. The molecule has 1 aromatic carbocycles. The van der Waals surface area contributed by atoms with Crippen molar-refractivity contribution in [2.24, 2.45) is 0 Å². The van der Waals surface area contributed by atoms with Crippen LogP contribution in [0.1, 0.15) is 30.6 Å². The summed E-state index contributed by atoms with van der Waals surface area (Å²) in [5, 5.41) is 5.58. The predicted octanol–water partition coefficient (Wildman–Crippen LogP) is 0.289. The molecule has 10 heteroatoms. The van der Waals surface area contributed by atoms with Gasteiger partial charge in [-0.05, 0) is 31.2 Å². The van der Waals surface area contributed by atoms with Crippen molar-refractivity contribution in [2.45, 2.75) is 32.7 Å². The number of amides is 1. The van der Waals surface area contributed by atoms with Gasteiger partial charge < -0.3 is 14.8 Å². The van der Waals surface area contributed by atoms with Gasteiger partial charge in [-0.1, -0.05) is 12.8 Å². The van der Waals surface area contributed by atoms with Crippen LogP contribution in [0, 0.1) is 11.8 Å². The van der Waals surface area contributed by atoms with E-state index in [2.05, 4.69) is 22.5 Å². The molecule has 1 saturated heterocycles. The van der Waals surface area contributed by atoms with Crippen LogP contribution in [0.5, 0.6) is 5.75 Å². The Morgan fingerprint density at radius 1 is 1.31 bits per heavy atom. The number of piperazine rings is 1. The molecule has 2 N–H and O–H groups in total. The number of esters is 1. The van der Waals surface area contributed by atoms with E-state index in [-0.39, 0.29) is 26.1 Å². The van der Waals surface area contributed by atoms with Crippen molar-refractivity contribution < 1.29 is 27.5 Å². The summed E-state index contributed by atoms with van der Waals surface area (Å²) >= 11 is 0. The maximum Gasteiger partial charge on any atom is 0.307 e. The maximum absolute atomic E-state index is 12.7. The molecule has 1 amide bonds. The number of carbonyl (C=O) groups is 2. The van der Waals surface area contributed by atoms with Crippen LogP contribution in [0.15, 0.2) is 24.3 Å². The first kappa shape index (κ1) is 22.7. The van der Waals surface area contributed by atoms with Gasteiger partial charge in [0.2, 0.25) is 10.0 Å². The second-order valence-corrected chi connectivity index (χ2v) is 8.19. The van der Waals surface area contributed by atoms with Crippen molar-refractivity contribution in [3.05, 3.63) is 29.8 Å². The zero-order valence-electron chi connectivity index (χ0n) is 16.6. The Hall–Kier alpha value is -2.61. The van der Waals surface area contributed by atoms with Gasteiger partial charge in [0.25, 0.3) is 5.91 Å². The van der Waals surface area contributed by atoms with E-state index >= 15 is 0 Å². The number of ether oxygens (including phenoxy) is 2. The highest BCUT2D eigenvalue weighted by molar-refractivity contribution is 7.88. The van der Waals surface area contributed by atoms with Crippen molar-refractivity contribution in [1.29, 1.82) is 0 Å². The average Bonchev–Trinajstić information content (AvgIpc) is 2.69. The Labute approximate surface area is 170 Å². The molecule has 1 aliphatic heterocycles. The number of hydrogen-bond donors (Lipinski definition) is 2. The molecule has 1 unspecified atom stereocenters. The summed E-state index contributed by atoms with van der Waals surface area (Å²) in [4.78, 5) is 24.4. The van der Waals surface area contributed by atoms with Crippen molar-refractivity contribution in [2.75, 3.05) is 26.0 Å². The minimum absolute atomic E-state index is 0.127. The Morgan fingerprint density at radius 3 is 2.59 bits per heavy atom. The molecular weight excluding hydrogens is 398 g/mol. The second kappa shape index (κ2) is 10.2. The molecule has 0 aliphatic carbocycles. The fraction of sp³-hybridized carbons (Fsp3) is 0.474. The van der Waals surface area contributed by atoms with Gasteiger partial charge in [-0.2, -0.15) is 4.31 Å². The Balaban J connectivity index is 2.17. The topological polar surface area (TPSA) is 114 Å². The summed E-state index contributed by atoms with van der Waals surface area (Å²) < 4.78 is 36.1. The predicted molar refractivity (Wildman–Crippen MR) is 106 cm³/mol. The SMILES string of the molecule is CC#CCOc1ccc(C(=O)N[C@@H]2C(OC(=O)CC)NCCN2S(C)(=O)=O)cc1. The molecule has 158 valence electrons. The molecule has 1 fully saturated rings. The Bertz CT molecular complexity index is 889. The number of hydrogen-bond acceptors (Lipinski definition) is 7. The molecule has 29 heavy (non-hydrogen) atoms. The molecule has 9 nitrogen and oxygen atoms in total. The van der Waals surface area contributed by atoms with E-state index in [1.54, 1.807) is 38.1 Å². The number of benzene rings is 1. The molecule has 0 bridgehead atoms. The Kier molecular flexibility index (Phi) is 8.01. The third-order valence-corrected chi connectivity index (χ3v) is 5.39. The summed E-state index contributed by atoms with van der Waals surface area (Å²) in [7, 11) is -3.64. The van der Waals surface area contributed by atoms with Gasteiger partial charge in [0.1, 0.15) is 18.5 Å². The van der Waals surface area contributed by atoms with Gasteiger partial charge in [-0.25, -0.2) is 8.42 Å². The van der Waals surface area contributed by atoms with Gasteiger partial charge in [0.05, 0.1) is 6.26 Å². The zero-order chi connectivity index (χ0) is 21.4. The summed E-state index contributed by atoms with van der Waals surface area (Å²) in [6.07, 6.45) is -0.897. The van der Waals surface area contributed by atoms with E-state index in [9.17, 15) is 18.0 Å². The van der Waals surface area contributed by atoms with E-state index in [0.29, 0.717) is 11.3 Å². The van der Waals surface area contributed by atoms with Crippen molar-refractivity contribution >= 4 is 21.9 Å². The third kappa shape index (κ3) is 6.45. The summed E-state index contributed by atoms with van der Waals surface area (Å²) in [6.45, 7) is 4.00. The Morgan fingerprint density at radius 2 is 2.00 bits per heavy atom. The fourth-order valence-corrected chi connectivity index (χ4v) is 3.68. The summed E-state index contributed by atoms with van der Waals surface area (Å²) in [5.74, 6) is 5.02. The molecular formula is C19H25N3O6S. The highest BCUT2D eigenvalue weighted by Crippen LogP contribution is 2.16. The molecule has 0 spiro atoms. The van der Waals surface area contributed by atoms with Gasteiger partial charge in [0, 0.05) is 25.1 Å². The molecule has 0 saturated carbocycles.